The van der Waals surface area contributed by atoms with Crippen molar-refractivity contribution < 1.29 is 24.2 Å². The predicted molar refractivity (Wildman–Crippen MR) is 74.2 cm³/mol. The SMILES string of the molecule is COC(=O)[C@H]1C[C@H](O)CN1CC(=O)OCc1ccccc1. The quantitative estimate of drug-likeness (QED) is 0.789. The van der Waals surface area contributed by atoms with Gasteiger partial charge in [-0.05, 0) is 5.56 Å². The summed E-state index contributed by atoms with van der Waals surface area (Å²) in [4.78, 5) is 25.0. The molecule has 6 heteroatoms. The first-order valence-corrected chi connectivity index (χ1v) is 6.79. The van der Waals surface area contributed by atoms with Crippen LogP contribution in [0.4, 0.5) is 0 Å². The molecule has 1 saturated heterocycles. The number of hydrogen-bond donors (Lipinski definition) is 1. The van der Waals surface area contributed by atoms with Crippen LogP contribution in [0, 0.1) is 0 Å². The van der Waals surface area contributed by atoms with Crippen molar-refractivity contribution in [2.45, 2.75) is 25.2 Å². The van der Waals surface area contributed by atoms with Crippen LogP contribution in [0.5, 0.6) is 0 Å². The minimum atomic E-state index is -0.629. The van der Waals surface area contributed by atoms with E-state index < -0.39 is 24.1 Å². The maximum absolute atomic E-state index is 11.8. The van der Waals surface area contributed by atoms with Crippen molar-refractivity contribution in [1.82, 2.24) is 4.90 Å². The van der Waals surface area contributed by atoms with Crippen LogP contribution in [0.2, 0.25) is 0 Å². The maximum Gasteiger partial charge on any atom is 0.323 e. The van der Waals surface area contributed by atoms with Crippen LogP contribution in [0.1, 0.15) is 12.0 Å². The molecular weight excluding hydrogens is 274 g/mol. The first-order valence-electron chi connectivity index (χ1n) is 6.79. The second kappa shape index (κ2) is 7.19. The van der Waals surface area contributed by atoms with E-state index in [0.717, 1.165) is 5.56 Å². The van der Waals surface area contributed by atoms with Gasteiger partial charge >= 0.3 is 11.9 Å². The number of aliphatic hydroxyl groups is 1. The zero-order valence-corrected chi connectivity index (χ0v) is 11.9. The van der Waals surface area contributed by atoms with Crippen molar-refractivity contribution in [2.24, 2.45) is 0 Å². The van der Waals surface area contributed by atoms with Crippen molar-refractivity contribution in [2.75, 3.05) is 20.2 Å². The molecule has 0 amide bonds. The largest absolute Gasteiger partial charge is 0.468 e. The van der Waals surface area contributed by atoms with E-state index in [1.807, 2.05) is 30.3 Å². The molecule has 1 N–H and O–H groups in total. The third-order valence-electron chi connectivity index (χ3n) is 3.43. The lowest BCUT2D eigenvalue weighted by Crippen LogP contribution is -2.40. The molecule has 1 heterocycles. The van der Waals surface area contributed by atoms with E-state index in [1.54, 1.807) is 4.90 Å². The number of β-amino-alcohol motifs (C(OH)–C–C–N with tert-alkyl or cyclic N) is 1. The Hall–Kier alpha value is -1.92. The summed E-state index contributed by atoms with van der Waals surface area (Å²) in [7, 11) is 1.29. The lowest BCUT2D eigenvalue weighted by atomic mass is 10.2. The third kappa shape index (κ3) is 4.27. The summed E-state index contributed by atoms with van der Waals surface area (Å²) < 4.78 is 9.85. The molecular formula is C15H19NO5. The number of aliphatic hydroxyl groups excluding tert-OH is 1. The van der Waals surface area contributed by atoms with Gasteiger partial charge in [-0.2, -0.15) is 0 Å². The molecule has 1 fully saturated rings. The van der Waals surface area contributed by atoms with E-state index in [2.05, 4.69) is 4.74 Å². The maximum atomic E-state index is 11.8. The van der Waals surface area contributed by atoms with Gasteiger partial charge in [-0.15, -0.1) is 0 Å². The molecule has 2 rings (SSSR count). The second-order valence-electron chi connectivity index (χ2n) is 5.00. The number of hydrogen-bond acceptors (Lipinski definition) is 6. The minimum Gasteiger partial charge on any atom is -0.468 e. The Morgan fingerprint density at radius 2 is 2.05 bits per heavy atom. The van der Waals surface area contributed by atoms with Gasteiger partial charge in [0.15, 0.2) is 0 Å². The van der Waals surface area contributed by atoms with Gasteiger partial charge in [-0.3, -0.25) is 14.5 Å². The lowest BCUT2D eigenvalue weighted by molar-refractivity contribution is -0.150. The summed E-state index contributed by atoms with van der Waals surface area (Å²) in [5.41, 5.74) is 0.900. The molecule has 0 spiro atoms. The van der Waals surface area contributed by atoms with Gasteiger partial charge in [0, 0.05) is 13.0 Å². The fourth-order valence-electron chi connectivity index (χ4n) is 2.38. The van der Waals surface area contributed by atoms with Gasteiger partial charge in [-0.25, -0.2) is 0 Å². The van der Waals surface area contributed by atoms with Crippen LogP contribution in [-0.2, 0) is 25.7 Å². The van der Waals surface area contributed by atoms with Crippen molar-refractivity contribution in [3.05, 3.63) is 35.9 Å². The number of nitrogens with zero attached hydrogens (tertiary/aromatic N) is 1. The summed E-state index contributed by atoms with van der Waals surface area (Å²) >= 11 is 0. The molecule has 1 aromatic rings. The van der Waals surface area contributed by atoms with Gasteiger partial charge in [0.25, 0.3) is 0 Å². The number of methoxy groups -OCH3 is 1. The van der Waals surface area contributed by atoms with Gasteiger partial charge in [0.2, 0.25) is 0 Å². The molecule has 2 atom stereocenters. The molecule has 1 aliphatic heterocycles. The number of rotatable bonds is 5. The van der Waals surface area contributed by atoms with E-state index in [-0.39, 0.29) is 26.1 Å². The van der Waals surface area contributed by atoms with Crippen molar-refractivity contribution in [3.63, 3.8) is 0 Å². The second-order valence-corrected chi connectivity index (χ2v) is 5.00. The van der Waals surface area contributed by atoms with Gasteiger partial charge in [0.1, 0.15) is 12.6 Å². The van der Waals surface area contributed by atoms with E-state index in [1.165, 1.54) is 7.11 Å². The Bertz CT molecular complexity index is 490. The number of ether oxygens (including phenoxy) is 2. The standard InChI is InChI=1S/C15H19NO5/c1-20-15(19)13-7-12(17)8-16(13)9-14(18)21-10-11-5-3-2-4-6-11/h2-6,12-13,17H,7-10H2,1H3/t12-,13+/m0/s1. The lowest BCUT2D eigenvalue weighted by Gasteiger charge is -2.20. The highest BCUT2D eigenvalue weighted by Gasteiger charge is 2.37. The van der Waals surface area contributed by atoms with Gasteiger partial charge in [-0.1, -0.05) is 30.3 Å². The molecule has 0 aromatic heterocycles. The molecule has 6 nitrogen and oxygen atoms in total. The van der Waals surface area contributed by atoms with Crippen molar-refractivity contribution >= 4 is 11.9 Å². The number of likely N-dealkylation sites (tertiary alicyclic amines) is 1. The molecule has 21 heavy (non-hydrogen) atoms. The summed E-state index contributed by atoms with van der Waals surface area (Å²) in [6.07, 6.45) is -0.352. The van der Waals surface area contributed by atoms with Crippen LogP contribution in [0.25, 0.3) is 0 Å². The highest BCUT2D eigenvalue weighted by molar-refractivity contribution is 5.78. The Morgan fingerprint density at radius 1 is 1.33 bits per heavy atom. The average Bonchev–Trinajstić information content (AvgIpc) is 2.86. The summed E-state index contributed by atoms with van der Waals surface area (Å²) in [6, 6.07) is 8.77. The van der Waals surface area contributed by atoms with Gasteiger partial charge < -0.3 is 14.6 Å². The normalized spacial score (nSPS) is 22.0. The molecule has 1 aliphatic rings. The van der Waals surface area contributed by atoms with Crippen LogP contribution in [-0.4, -0.2) is 54.3 Å². The Kier molecular flexibility index (Phi) is 5.30. The fraction of sp³-hybridized carbons (Fsp3) is 0.467. The predicted octanol–water partition coefficient (Wildman–Crippen LogP) is 0.338. The van der Waals surface area contributed by atoms with E-state index in [0.29, 0.717) is 0 Å². The van der Waals surface area contributed by atoms with Crippen molar-refractivity contribution in [1.29, 1.82) is 0 Å². The smallest absolute Gasteiger partial charge is 0.323 e. The molecule has 0 bridgehead atoms. The van der Waals surface area contributed by atoms with Crippen LogP contribution < -0.4 is 0 Å². The number of esters is 2. The summed E-state index contributed by atoms with van der Waals surface area (Å²) in [5, 5.41) is 9.63. The van der Waals surface area contributed by atoms with E-state index in [9.17, 15) is 14.7 Å². The fourth-order valence-corrected chi connectivity index (χ4v) is 2.38. The Balaban J connectivity index is 1.85. The molecule has 0 radical (unpaired) electrons. The number of carbonyl (C=O) groups excluding carboxylic acids is 2. The van der Waals surface area contributed by atoms with Gasteiger partial charge in [0.05, 0.1) is 19.8 Å². The highest BCUT2D eigenvalue weighted by atomic mass is 16.5. The van der Waals surface area contributed by atoms with E-state index >= 15 is 0 Å². The molecule has 114 valence electrons. The first kappa shape index (κ1) is 15.5. The number of carbonyl (C=O) groups is 2. The molecule has 0 aliphatic carbocycles. The summed E-state index contributed by atoms with van der Waals surface area (Å²) in [6.45, 7) is 0.419. The zero-order valence-electron chi connectivity index (χ0n) is 11.9. The topological polar surface area (TPSA) is 76.1 Å². The molecule has 0 saturated carbocycles. The van der Waals surface area contributed by atoms with Crippen molar-refractivity contribution in [3.8, 4) is 0 Å². The Labute approximate surface area is 123 Å². The number of benzene rings is 1. The third-order valence-corrected chi connectivity index (χ3v) is 3.43. The van der Waals surface area contributed by atoms with Crippen LogP contribution in [0.3, 0.4) is 0 Å². The molecule has 0 unspecified atom stereocenters. The molecule has 1 aromatic carbocycles. The highest BCUT2D eigenvalue weighted by Crippen LogP contribution is 2.18. The average molecular weight is 293 g/mol. The monoisotopic (exact) mass is 293 g/mol. The minimum absolute atomic E-state index is 0.0380. The van der Waals surface area contributed by atoms with Crippen LogP contribution in [0.15, 0.2) is 30.3 Å². The zero-order chi connectivity index (χ0) is 15.2. The van der Waals surface area contributed by atoms with Crippen LogP contribution >= 0.6 is 0 Å². The Morgan fingerprint density at radius 3 is 2.71 bits per heavy atom. The first-order chi connectivity index (χ1) is 10.1. The van der Waals surface area contributed by atoms with E-state index in [4.69, 9.17) is 4.74 Å². The summed E-state index contributed by atoms with van der Waals surface area (Å²) in [5.74, 6) is -0.871.